The number of rotatable bonds is 3. The standard InChI is InChI=1S/C14H7F5O4/c15-13(16,14(17,18)19)7-3-1-6-2-4-8(11(20)21)10(12(22)23)9(6)5-7/h1-5H,(H,20,21)(H,22,23). The Bertz CT molecular complexity index is 811. The molecule has 0 aromatic heterocycles. The van der Waals surface area contributed by atoms with Crippen molar-refractivity contribution < 1.29 is 41.8 Å². The highest BCUT2D eigenvalue weighted by atomic mass is 19.4. The highest BCUT2D eigenvalue weighted by Crippen LogP contribution is 2.44. The first-order valence-electron chi connectivity index (χ1n) is 5.95. The van der Waals surface area contributed by atoms with Crippen molar-refractivity contribution in [3.05, 3.63) is 47.0 Å². The minimum Gasteiger partial charge on any atom is -0.478 e. The fraction of sp³-hybridized carbons (Fsp3) is 0.143. The molecule has 9 heteroatoms. The van der Waals surface area contributed by atoms with E-state index in [2.05, 4.69) is 0 Å². The summed E-state index contributed by atoms with van der Waals surface area (Å²) >= 11 is 0. The zero-order valence-electron chi connectivity index (χ0n) is 11.0. The van der Waals surface area contributed by atoms with Gasteiger partial charge in [0.15, 0.2) is 0 Å². The summed E-state index contributed by atoms with van der Waals surface area (Å²) in [6.07, 6.45) is -5.87. The van der Waals surface area contributed by atoms with E-state index in [1.165, 1.54) is 0 Å². The number of hydrogen-bond acceptors (Lipinski definition) is 2. The molecule has 0 heterocycles. The van der Waals surface area contributed by atoms with Gasteiger partial charge < -0.3 is 10.2 Å². The molecule has 2 N–H and O–H groups in total. The minimum absolute atomic E-state index is 0.0223. The molecule has 0 radical (unpaired) electrons. The summed E-state index contributed by atoms with van der Waals surface area (Å²) in [6.45, 7) is 0. The van der Waals surface area contributed by atoms with Gasteiger partial charge in [-0.1, -0.05) is 18.2 Å². The van der Waals surface area contributed by atoms with Crippen molar-refractivity contribution in [1.82, 2.24) is 0 Å². The second kappa shape index (κ2) is 5.18. The van der Waals surface area contributed by atoms with E-state index < -0.39 is 46.1 Å². The number of carboxylic acid groups (broad SMARTS) is 2. The maximum atomic E-state index is 13.4. The lowest BCUT2D eigenvalue weighted by Crippen LogP contribution is -2.33. The van der Waals surface area contributed by atoms with Gasteiger partial charge in [-0.25, -0.2) is 9.59 Å². The molecule has 2 rings (SSSR count). The lowest BCUT2D eigenvalue weighted by Gasteiger charge is -2.20. The summed E-state index contributed by atoms with van der Waals surface area (Å²) in [5.41, 5.74) is -3.03. The van der Waals surface area contributed by atoms with Crippen LogP contribution in [-0.2, 0) is 5.92 Å². The maximum absolute atomic E-state index is 13.4. The third-order valence-corrected chi connectivity index (χ3v) is 3.18. The number of benzene rings is 2. The Morgan fingerprint density at radius 1 is 0.870 bits per heavy atom. The van der Waals surface area contributed by atoms with Gasteiger partial charge in [-0.3, -0.25) is 0 Å². The summed E-state index contributed by atoms with van der Waals surface area (Å²) in [7, 11) is 0. The molecule has 23 heavy (non-hydrogen) atoms. The zero-order valence-corrected chi connectivity index (χ0v) is 11.0. The van der Waals surface area contributed by atoms with Gasteiger partial charge >= 0.3 is 24.0 Å². The molecule has 122 valence electrons. The molecule has 0 aliphatic heterocycles. The molecular formula is C14H7F5O4. The third-order valence-electron chi connectivity index (χ3n) is 3.18. The van der Waals surface area contributed by atoms with Crippen molar-refractivity contribution in [1.29, 1.82) is 0 Å². The van der Waals surface area contributed by atoms with Crippen LogP contribution in [0.5, 0.6) is 0 Å². The monoisotopic (exact) mass is 334 g/mol. The van der Waals surface area contributed by atoms with Crippen molar-refractivity contribution in [3.8, 4) is 0 Å². The van der Waals surface area contributed by atoms with Gasteiger partial charge in [-0.05, 0) is 22.9 Å². The van der Waals surface area contributed by atoms with E-state index in [0.717, 1.165) is 18.2 Å². The van der Waals surface area contributed by atoms with Crippen LogP contribution in [0.1, 0.15) is 26.3 Å². The molecule has 2 aromatic carbocycles. The quantitative estimate of drug-likeness (QED) is 0.835. The average molecular weight is 334 g/mol. The van der Waals surface area contributed by atoms with Gasteiger partial charge in [0.1, 0.15) is 0 Å². The number of alkyl halides is 5. The molecule has 0 aliphatic carbocycles. The number of halogens is 5. The van der Waals surface area contributed by atoms with E-state index in [-0.39, 0.29) is 5.39 Å². The molecule has 0 spiro atoms. The van der Waals surface area contributed by atoms with Crippen LogP contribution >= 0.6 is 0 Å². The second-order valence-electron chi connectivity index (χ2n) is 4.61. The maximum Gasteiger partial charge on any atom is 0.458 e. The van der Waals surface area contributed by atoms with Crippen LogP contribution in [0.4, 0.5) is 22.0 Å². The largest absolute Gasteiger partial charge is 0.478 e. The first-order valence-corrected chi connectivity index (χ1v) is 5.95. The second-order valence-corrected chi connectivity index (χ2v) is 4.61. The molecular weight excluding hydrogens is 327 g/mol. The van der Waals surface area contributed by atoms with Crippen LogP contribution in [0, 0.1) is 0 Å². The molecule has 0 atom stereocenters. The SMILES string of the molecule is O=C(O)c1ccc2ccc(C(F)(F)C(F)(F)F)cc2c1C(=O)O. The first kappa shape index (κ1) is 16.7. The van der Waals surface area contributed by atoms with Gasteiger partial charge in [0, 0.05) is 5.56 Å². The van der Waals surface area contributed by atoms with Gasteiger partial charge in [0.2, 0.25) is 0 Å². The Balaban J connectivity index is 2.83. The van der Waals surface area contributed by atoms with Crippen molar-refractivity contribution in [2.75, 3.05) is 0 Å². The van der Waals surface area contributed by atoms with Crippen molar-refractivity contribution >= 4 is 22.7 Å². The normalized spacial score (nSPS) is 12.4. The Kier molecular flexibility index (Phi) is 3.75. The van der Waals surface area contributed by atoms with Crippen LogP contribution in [0.3, 0.4) is 0 Å². The Morgan fingerprint density at radius 2 is 1.43 bits per heavy atom. The minimum atomic E-state index is -5.87. The summed E-state index contributed by atoms with van der Waals surface area (Å²) < 4.78 is 64.1. The smallest absolute Gasteiger partial charge is 0.458 e. The fourth-order valence-corrected chi connectivity index (χ4v) is 2.09. The van der Waals surface area contributed by atoms with Gasteiger partial charge in [-0.2, -0.15) is 22.0 Å². The lowest BCUT2D eigenvalue weighted by atomic mass is 9.95. The van der Waals surface area contributed by atoms with Crippen LogP contribution in [-0.4, -0.2) is 28.3 Å². The molecule has 4 nitrogen and oxygen atoms in total. The first-order chi connectivity index (χ1) is 10.5. The fourth-order valence-electron chi connectivity index (χ4n) is 2.09. The van der Waals surface area contributed by atoms with Crippen molar-refractivity contribution in [2.24, 2.45) is 0 Å². The summed E-state index contributed by atoms with van der Waals surface area (Å²) in [4.78, 5) is 22.2. The van der Waals surface area contributed by atoms with Crippen LogP contribution < -0.4 is 0 Å². The van der Waals surface area contributed by atoms with Crippen LogP contribution in [0.2, 0.25) is 0 Å². The predicted octanol–water partition coefficient (Wildman–Crippen LogP) is 3.89. The van der Waals surface area contributed by atoms with E-state index in [9.17, 15) is 31.5 Å². The number of fused-ring (bicyclic) bond motifs is 1. The van der Waals surface area contributed by atoms with Crippen LogP contribution in [0.15, 0.2) is 30.3 Å². The number of aromatic carboxylic acids is 2. The van der Waals surface area contributed by atoms with Gasteiger partial charge in [0.05, 0.1) is 11.1 Å². The third kappa shape index (κ3) is 2.69. The lowest BCUT2D eigenvalue weighted by molar-refractivity contribution is -0.289. The summed E-state index contributed by atoms with van der Waals surface area (Å²) in [5, 5.41) is 17.5. The zero-order chi connectivity index (χ0) is 17.6. The van der Waals surface area contributed by atoms with Gasteiger partial charge in [0.25, 0.3) is 0 Å². The molecule has 0 unspecified atom stereocenters. The molecule has 0 fully saturated rings. The molecule has 0 saturated carbocycles. The molecule has 0 bridgehead atoms. The topological polar surface area (TPSA) is 74.6 Å². The highest BCUT2D eigenvalue weighted by molar-refractivity contribution is 6.11. The van der Waals surface area contributed by atoms with E-state index in [0.29, 0.717) is 12.1 Å². The molecule has 0 aliphatic rings. The van der Waals surface area contributed by atoms with Crippen LogP contribution in [0.25, 0.3) is 10.8 Å². The van der Waals surface area contributed by atoms with E-state index in [4.69, 9.17) is 10.2 Å². The summed E-state index contributed by atoms with van der Waals surface area (Å²) in [6, 6.07) is 3.80. The van der Waals surface area contributed by atoms with Crippen molar-refractivity contribution in [2.45, 2.75) is 12.1 Å². The summed E-state index contributed by atoms with van der Waals surface area (Å²) in [5.74, 6) is -8.59. The molecule has 2 aromatic rings. The average Bonchev–Trinajstić information content (AvgIpc) is 2.43. The number of hydrogen-bond donors (Lipinski definition) is 2. The Hall–Kier alpha value is -2.71. The number of carboxylic acids is 2. The van der Waals surface area contributed by atoms with Gasteiger partial charge in [-0.15, -0.1) is 0 Å². The Labute approximate surface area is 124 Å². The van der Waals surface area contributed by atoms with E-state index in [1.807, 2.05) is 0 Å². The highest BCUT2D eigenvalue weighted by Gasteiger charge is 2.58. The number of carbonyl (C=O) groups is 2. The molecule has 0 saturated heterocycles. The Morgan fingerprint density at radius 3 is 1.91 bits per heavy atom. The van der Waals surface area contributed by atoms with Crippen molar-refractivity contribution in [3.63, 3.8) is 0 Å². The predicted molar refractivity (Wildman–Crippen MR) is 67.8 cm³/mol. The van der Waals surface area contributed by atoms with E-state index >= 15 is 0 Å². The van der Waals surface area contributed by atoms with E-state index in [1.54, 1.807) is 0 Å². The molecule has 0 amide bonds.